The SMILES string of the molecule is COc1cccc(-c2cc(C(F)(F)F)n3ncc(C(=O)NCC(C)C)c3n2)c1. The van der Waals surface area contributed by atoms with Gasteiger partial charge in [-0.05, 0) is 24.1 Å². The quantitative estimate of drug-likeness (QED) is 0.717. The molecule has 148 valence electrons. The van der Waals surface area contributed by atoms with E-state index in [0.29, 0.717) is 22.4 Å². The van der Waals surface area contributed by atoms with Gasteiger partial charge in [-0.2, -0.15) is 18.3 Å². The monoisotopic (exact) mass is 392 g/mol. The van der Waals surface area contributed by atoms with Crippen molar-refractivity contribution in [2.45, 2.75) is 20.0 Å². The van der Waals surface area contributed by atoms with Crippen LogP contribution in [0.25, 0.3) is 16.9 Å². The Hall–Kier alpha value is -3.10. The predicted molar refractivity (Wildman–Crippen MR) is 97.1 cm³/mol. The molecule has 0 radical (unpaired) electrons. The van der Waals surface area contributed by atoms with Crippen LogP contribution in [0, 0.1) is 5.92 Å². The third-order valence-corrected chi connectivity index (χ3v) is 4.04. The molecule has 9 heteroatoms. The molecule has 1 N–H and O–H groups in total. The molecular formula is C19H19F3N4O2. The van der Waals surface area contributed by atoms with E-state index in [4.69, 9.17) is 4.74 Å². The van der Waals surface area contributed by atoms with E-state index in [-0.39, 0.29) is 22.8 Å². The molecule has 1 amide bonds. The van der Waals surface area contributed by atoms with E-state index in [1.54, 1.807) is 24.3 Å². The minimum atomic E-state index is -4.67. The number of ether oxygens (including phenoxy) is 1. The molecule has 0 bridgehead atoms. The predicted octanol–water partition coefficient (Wildman–Crippen LogP) is 3.81. The molecule has 0 spiro atoms. The molecule has 28 heavy (non-hydrogen) atoms. The third kappa shape index (κ3) is 3.92. The number of nitrogens with one attached hydrogen (secondary N) is 1. The van der Waals surface area contributed by atoms with Gasteiger partial charge in [-0.3, -0.25) is 4.79 Å². The van der Waals surface area contributed by atoms with E-state index < -0.39 is 17.8 Å². The van der Waals surface area contributed by atoms with Crippen molar-refractivity contribution in [1.29, 1.82) is 0 Å². The Balaban J connectivity index is 2.17. The summed E-state index contributed by atoms with van der Waals surface area (Å²) in [5.41, 5.74) is -0.692. The number of methoxy groups -OCH3 is 1. The number of carbonyl (C=O) groups excluding carboxylic acids is 1. The van der Waals surface area contributed by atoms with Crippen molar-refractivity contribution in [3.8, 4) is 17.0 Å². The van der Waals surface area contributed by atoms with Gasteiger partial charge in [0.15, 0.2) is 11.3 Å². The van der Waals surface area contributed by atoms with Crippen LogP contribution in [0.4, 0.5) is 13.2 Å². The van der Waals surface area contributed by atoms with Crippen molar-refractivity contribution < 1.29 is 22.7 Å². The van der Waals surface area contributed by atoms with Crippen LogP contribution in [0.2, 0.25) is 0 Å². The molecule has 3 rings (SSSR count). The molecule has 2 heterocycles. The number of alkyl halides is 3. The molecule has 3 aromatic rings. The van der Waals surface area contributed by atoms with E-state index in [2.05, 4.69) is 15.4 Å². The highest BCUT2D eigenvalue weighted by Gasteiger charge is 2.36. The smallest absolute Gasteiger partial charge is 0.433 e. The summed E-state index contributed by atoms with van der Waals surface area (Å²) in [6.45, 7) is 4.21. The molecule has 0 aliphatic heterocycles. The third-order valence-electron chi connectivity index (χ3n) is 4.04. The molecule has 0 saturated carbocycles. The lowest BCUT2D eigenvalue weighted by molar-refractivity contribution is -0.142. The summed E-state index contributed by atoms with van der Waals surface area (Å²) in [6, 6.07) is 7.44. The topological polar surface area (TPSA) is 68.5 Å². The van der Waals surface area contributed by atoms with Gasteiger partial charge in [-0.15, -0.1) is 0 Å². The van der Waals surface area contributed by atoms with Gasteiger partial charge in [0.05, 0.1) is 19.0 Å². The van der Waals surface area contributed by atoms with Gasteiger partial charge >= 0.3 is 6.18 Å². The first-order valence-corrected chi connectivity index (χ1v) is 8.59. The molecule has 0 fully saturated rings. The van der Waals surface area contributed by atoms with Gasteiger partial charge in [-0.1, -0.05) is 26.0 Å². The van der Waals surface area contributed by atoms with Gasteiger partial charge in [0.1, 0.15) is 11.3 Å². The Morgan fingerprint density at radius 1 is 1.29 bits per heavy atom. The summed E-state index contributed by atoms with van der Waals surface area (Å²) in [6.07, 6.45) is -3.57. The van der Waals surface area contributed by atoms with Crippen molar-refractivity contribution in [3.63, 3.8) is 0 Å². The van der Waals surface area contributed by atoms with Crippen LogP contribution in [-0.2, 0) is 6.18 Å². The first-order chi connectivity index (χ1) is 13.2. The fourth-order valence-corrected chi connectivity index (χ4v) is 2.65. The molecule has 0 unspecified atom stereocenters. The zero-order valence-corrected chi connectivity index (χ0v) is 15.5. The zero-order valence-electron chi connectivity index (χ0n) is 15.5. The second-order valence-corrected chi connectivity index (χ2v) is 6.65. The number of amides is 1. The highest BCUT2D eigenvalue weighted by Crippen LogP contribution is 2.33. The summed E-state index contributed by atoms with van der Waals surface area (Å²) in [7, 11) is 1.46. The van der Waals surface area contributed by atoms with Crippen molar-refractivity contribution in [3.05, 3.63) is 47.8 Å². The van der Waals surface area contributed by atoms with Gasteiger partial charge in [0, 0.05) is 12.1 Å². The van der Waals surface area contributed by atoms with Crippen molar-refractivity contribution >= 4 is 11.6 Å². The first kappa shape index (κ1) is 19.7. The molecular weight excluding hydrogens is 373 g/mol. The second-order valence-electron chi connectivity index (χ2n) is 6.65. The van der Waals surface area contributed by atoms with Gasteiger partial charge in [-0.25, -0.2) is 9.50 Å². The molecule has 0 aliphatic rings. The summed E-state index contributed by atoms with van der Waals surface area (Å²) in [5, 5.41) is 6.43. The fourth-order valence-electron chi connectivity index (χ4n) is 2.65. The van der Waals surface area contributed by atoms with Crippen LogP contribution >= 0.6 is 0 Å². The average Bonchev–Trinajstić information content (AvgIpc) is 3.08. The Bertz CT molecular complexity index is 1010. The maximum Gasteiger partial charge on any atom is 0.433 e. The standard InChI is InChI=1S/C19H19F3N4O2/c1-11(2)9-23-18(27)14-10-24-26-16(19(20,21)22)8-15(25-17(14)26)12-5-4-6-13(7-12)28-3/h4-8,10-11H,9H2,1-3H3,(H,23,27). The second kappa shape index (κ2) is 7.49. The van der Waals surface area contributed by atoms with E-state index in [1.807, 2.05) is 13.8 Å². The fraction of sp³-hybridized carbons (Fsp3) is 0.316. The van der Waals surface area contributed by atoms with Crippen molar-refractivity contribution in [1.82, 2.24) is 19.9 Å². The summed E-state index contributed by atoms with van der Waals surface area (Å²) in [4.78, 5) is 16.7. The number of benzene rings is 1. The number of nitrogens with zero attached hydrogens (tertiary/aromatic N) is 3. The number of fused-ring (bicyclic) bond motifs is 1. The largest absolute Gasteiger partial charge is 0.497 e. The number of aromatic nitrogens is 3. The molecule has 0 atom stereocenters. The number of rotatable bonds is 5. The average molecular weight is 392 g/mol. The summed E-state index contributed by atoms with van der Waals surface area (Å²) >= 11 is 0. The van der Waals surface area contributed by atoms with E-state index >= 15 is 0 Å². The molecule has 6 nitrogen and oxygen atoms in total. The van der Waals surface area contributed by atoms with Gasteiger partial charge in [0.25, 0.3) is 5.91 Å². The van der Waals surface area contributed by atoms with Crippen LogP contribution < -0.4 is 10.1 Å². The van der Waals surface area contributed by atoms with Crippen molar-refractivity contribution in [2.75, 3.05) is 13.7 Å². The minimum Gasteiger partial charge on any atom is -0.497 e. The number of carbonyl (C=O) groups is 1. The lowest BCUT2D eigenvalue weighted by Crippen LogP contribution is -2.27. The van der Waals surface area contributed by atoms with E-state index in [1.165, 1.54) is 7.11 Å². The minimum absolute atomic E-state index is 0.0177. The van der Waals surface area contributed by atoms with Crippen LogP contribution in [0.5, 0.6) is 5.75 Å². The Labute approximate surface area is 159 Å². The first-order valence-electron chi connectivity index (χ1n) is 8.59. The zero-order chi connectivity index (χ0) is 20.5. The Morgan fingerprint density at radius 2 is 2.04 bits per heavy atom. The molecule has 1 aromatic carbocycles. The maximum atomic E-state index is 13.6. The molecule has 0 saturated heterocycles. The maximum absolute atomic E-state index is 13.6. The lowest BCUT2D eigenvalue weighted by atomic mass is 10.1. The van der Waals surface area contributed by atoms with E-state index in [0.717, 1.165) is 12.3 Å². The molecule has 0 aliphatic carbocycles. The van der Waals surface area contributed by atoms with Crippen LogP contribution in [0.1, 0.15) is 29.9 Å². The van der Waals surface area contributed by atoms with Crippen molar-refractivity contribution in [2.24, 2.45) is 5.92 Å². The highest BCUT2D eigenvalue weighted by atomic mass is 19.4. The number of hydrogen-bond donors (Lipinski definition) is 1. The Kier molecular flexibility index (Phi) is 5.26. The summed E-state index contributed by atoms with van der Waals surface area (Å²) < 4.78 is 46.6. The van der Waals surface area contributed by atoms with Gasteiger partial charge in [0.2, 0.25) is 0 Å². The van der Waals surface area contributed by atoms with Crippen LogP contribution in [-0.4, -0.2) is 34.2 Å². The van der Waals surface area contributed by atoms with Crippen LogP contribution in [0.15, 0.2) is 36.5 Å². The van der Waals surface area contributed by atoms with E-state index in [9.17, 15) is 18.0 Å². The van der Waals surface area contributed by atoms with Gasteiger partial charge < -0.3 is 10.1 Å². The lowest BCUT2D eigenvalue weighted by Gasteiger charge is -2.12. The molecule has 2 aromatic heterocycles. The normalized spacial score (nSPS) is 11.8. The Morgan fingerprint density at radius 3 is 2.68 bits per heavy atom. The highest BCUT2D eigenvalue weighted by molar-refractivity contribution is 5.99. The number of hydrogen-bond acceptors (Lipinski definition) is 4. The van der Waals surface area contributed by atoms with Crippen LogP contribution in [0.3, 0.4) is 0 Å². The summed E-state index contributed by atoms with van der Waals surface area (Å²) in [5.74, 6) is 0.153. The number of halogens is 3.